The van der Waals surface area contributed by atoms with E-state index in [1.807, 2.05) is 74.5 Å². The third-order valence-corrected chi connectivity index (χ3v) is 4.84. The molecule has 6 heteroatoms. The number of nitrogens with zero attached hydrogens (tertiary/aromatic N) is 1. The van der Waals surface area contributed by atoms with Gasteiger partial charge < -0.3 is 20.1 Å². The number of amides is 2. The Bertz CT molecular complexity index is 765. The van der Waals surface area contributed by atoms with Crippen LogP contribution in [-0.2, 0) is 22.6 Å². The van der Waals surface area contributed by atoms with Gasteiger partial charge in [0.15, 0.2) is 0 Å². The first kappa shape index (κ1) is 22.4. The predicted molar refractivity (Wildman–Crippen MR) is 112 cm³/mol. The van der Waals surface area contributed by atoms with E-state index in [2.05, 4.69) is 5.32 Å². The Labute approximate surface area is 172 Å². The van der Waals surface area contributed by atoms with E-state index < -0.39 is 12.1 Å². The molecule has 0 saturated carbocycles. The second-order valence-electron chi connectivity index (χ2n) is 7.40. The zero-order valence-corrected chi connectivity index (χ0v) is 17.2. The molecular weight excluding hydrogens is 368 g/mol. The van der Waals surface area contributed by atoms with Crippen molar-refractivity contribution in [1.82, 2.24) is 10.2 Å². The number of carbonyl (C=O) groups excluding carboxylic acids is 2. The third kappa shape index (κ3) is 6.91. The number of aliphatic hydroxyl groups excluding tert-OH is 1. The molecule has 0 aliphatic heterocycles. The fourth-order valence-electron chi connectivity index (χ4n) is 3.01. The van der Waals surface area contributed by atoms with Gasteiger partial charge in [0, 0.05) is 7.05 Å². The van der Waals surface area contributed by atoms with E-state index in [9.17, 15) is 14.7 Å². The van der Waals surface area contributed by atoms with Gasteiger partial charge >= 0.3 is 6.09 Å². The van der Waals surface area contributed by atoms with E-state index in [0.29, 0.717) is 6.42 Å². The lowest BCUT2D eigenvalue weighted by Gasteiger charge is -2.32. The summed E-state index contributed by atoms with van der Waals surface area (Å²) >= 11 is 0. The molecule has 0 aliphatic rings. The second kappa shape index (κ2) is 11.2. The summed E-state index contributed by atoms with van der Waals surface area (Å²) in [4.78, 5) is 26.8. The van der Waals surface area contributed by atoms with Crippen LogP contribution in [0.4, 0.5) is 4.79 Å². The van der Waals surface area contributed by atoms with Crippen LogP contribution < -0.4 is 5.32 Å². The van der Waals surface area contributed by atoms with Gasteiger partial charge in [0.25, 0.3) is 0 Å². The summed E-state index contributed by atoms with van der Waals surface area (Å²) in [6.45, 7) is 3.69. The van der Waals surface area contributed by atoms with Crippen LogP contribution >= 0.6 is 0 Å². The fraction of sp³-hybridized carbons (Fsp3) is 0.391. The van der Waals surface area contributed by atoms with Gasteiger partial charge in [-0.1, -0.05) is 74.5 Å². The van der Waals surface area contributed by atoms with Crippen LogP contribution in [0.2, 0.25) is 0 Å². The first-order valence-electron chi connectivity index (χ1n) is 9.81. The number of benzene rings is 2. The van der Waals surface area contributed by atoms with Crippen LogP contribution in [0.15, 0.2) is 60.7 Å². The van der Waals surface area contributed by atoms with Crippen LogP contribution in [-0.4, -0.2) is 47.7 Å². The number of aliphatic hydroxyl groups is 1. The van der Waals surface area contributed by atoms with Crippen molar-refractivity contribution in [3.8, 4) is 0 Å². The molecule has 0 radical (unpaired) electrons. The average molecular weight is 399 g/mol. The maximum atomic E-state index is 13.0. The number of alkyl carbamates (subject to hydrolysis) is 1. The smallest absolute Gasteiger partial charge is 0.408 e. The summed E-state index contributed by atoms with van der Waals surface area (Å²) < 4.78 is 5.25. The lowest BCUT2D eigenvalue weighted by atomic mass is 10.0. The summed E-state index contributed by atoms with van der Waals surface area (Å²) in [6.07, 6.45) is -0.110. The van der Waals surface area contributed by atoms with E-state index in [1.165, 1.54) is 4.90 Å². The van der Waals surface area contributed by atoms with Gasteiger partial charge in [0.1, 0.15) is 12.6 Å². The molecular formula is C23H30N2O4. The Morgan fingerprint density at radius 3 is 2.07 bits per heavy atom. The van der Waals surface area contributed by atoms with Crippen LogP contribution in [0.1, 0.15) is 25.0 Å². The van der Waals surface area contributed by atoms with Crippen LogP contribution in [0.3, 0.4) is 0 Å². The molecule has 156 valence electrons. The van der Waals surface area contributed by atoms with Gasteiger partial charge in [0.05, 0.1) is 12.6 Å². The number of hydrogen-bond acceptors (Lipinski definition) is 4. The lowest BCUT2D eigenvalue weighted by Crippen LogP contribution is -2.53. The zero-order chi connectivity index (χ0) is 21.2. The molecule has 0 unspecified atom stereocenters. The van der Waals surface area contributed by atoms with Crippen molar-refractivity contribution in [3.05, 3.63) is 71.8 Å². The van der Waals surface area contributed by atoms with Gasteiger partial charge in [-0.05, 0) is 23.5 Å². The van der Waals surface area contributed by atoms with E-state index in [1.54, 1.807) is 7.05 Å². The van der Waals surface area contributed by atoms with Crippen LogP contribution in [0, 0.1) is 5.92 Å². The van der Waals surface area contributed by atoms with Gasteiger partial charge in [-0.15, -0.1) is 0 Å². The average Bonchev–Trinajstić information content (AvgIpc) is 2.74. The molecule has 0 aromatic heterocycles. The van der Waals surface area contributed by atoms with E-state index >= 15 is 0 Å². The van der Waals surface area contributed by atoms with Crippen molar-refractivity contribution in [3.63, 3.8) is 0 Å². The molecule has 0 aliphatic carbocycles. The van der Waals surface area contributed by atoms with Crippen LogP contribution in [0.5, 0.6) is 0 Å². The fourth-order valence-corrected chi connectivity index (χ4v) is 3.01. The molecule has 2 atom stereocenters. The molecule has 0 bridgehead atoms. The minimum Gasteiger partial charge on any atom is -0.445 e. The number of ether oxygens (including phenoxy) is 1. The predicted octanol–water partition coefficient (Wildman–Crippen LogP) is 3.00. The second-order valence-corrected chi connectivity index (χ2v) is 7.40. The number of hydrogen-bond donors (Lipinski definition) is 2. The quantitative estimate of drug-likeness (QED) is 0.681. The monoisotopic (exact) mass is 398 g/mol. The standard InChI is InChI=1S/C23H30N2O4/c1-17(2)21(24-23(28)29-16-19-12-8-5-9-13-19)22(27)25(3)20(15-26)14-18-10-6-4-7-11-18/h4-13,17,20-21,26H,14-16H2,1-3H3,(H,24,28)/t20-,21-/m0/s1. The summed E-state index contributed by atoms with van der Waals surface area (Å²) in [7, 11) is 1.65. The first-order chi connectivity index (χ1) is 13.9. The minimum absolute atomic E-state index is 0.134. The molecule has 6 nitrogen and oxygen atoms in total. The highest BCUT2D eigenvalue weighted by Gasteiger charge is 2.30. The Hall–Kier alpha value is -2.86. The van der Waals surface area contributed by atoms with E-state index in [0.717, 1.165) is 11.1 Å². The highest BCUT2D eigenvalue weighted by molar-refractivity contribution is 5.86. The van der Waals surface area contributed by atoms with Crippen molar-refractivity contribution in [1.29, 1.82) is 0 Å². The number of likely N-dealkylation sites (N-methyl/N-ethyl adjacent to an activating group) is 1. The van der Waals surface area contributed by atoms with Crippen LogP contribution in [0.25, 0.3) is 0 Å². The number of rotatable bonds is 9. The van der Waals surface area contributed by atoms with Crippen molar-refractivity contribution >= 4 is 12.0 Å². The zero-order valence-electron chi connectivity index (χ0n) is 17.2. The molecule has 0 spiro atoms. The molecule has 2 amide bonds. The summed E-state index contributed by atoms with van der Waals surface area (Å²) in [6, 6.07) is 17.9. The number of nitrogens with one attached hydrogen (secondary N) is 1. The molecule has 2 rings (SSSR count). The van der Waals surface area contributed by atoms with Gasteiger partial charge in [-0.25, -0.2) is 4.79 Å². The third-order valence-electron chi connectivity index (χ3n) is 4.84. The number of carbonyl (C=O) groups is 2. The molecule has 2 N–H and O–H groups in total. The lowest BCUT2D eigenvalue weighted by molar-refractivity contribution is -0.136. The summed E-state index contributed by atoms with van der Waals surface area (Å²) in [5.41, 5.74) is 1.90. The normalized spacial score (nSPS) is 12.9. The Balaban J connectivity index is 1.98. The molecule has 2 aromatic carbocycles. The van der Waals surface area contributed by atoms with Crippen molar-refractivity contribution in [2.24, 2.45) is 5.92 Å². The molecule has 0 saturated heterocycles. The highest BCUT2D eigenvalue weighted by atomic mass is 16.5. The summed E-state index contributed by atoms with van der Waals surface area (Å²) in [5.74, 6) is -0.392. The SMILES string of the molecule is CC(C)[C@H](NC(=O)OCc1ccccc1)C(=O)N(C)[C@H](CO)Cc1ccccc1. The largest absolute Gasteiger partial charge is 0.445 e. The topological polar surface area (TPSA) is 78.9 Å². The van der Waals surface area contributed by atoms with Crippen molar-refractivity contribution in [2.75, 3.05) is 13.7 Å². The molecule has 0 heterocycles. The Morgan fingerprint density at radius 2 is 1.55 bits per heavy atom. The van der Waals surface area contributed by atoms with Crippen molar-refractivity contribution < 1.29 is 19.4 Å². The first-order valence-corrected chi connectivity index (χ1v) is 9.81. The highest BCUT2D eigenvalue weighted by Crippen LogP contribution is 2.13. The maximum absolute atomic E-state index is 13.0. The van der Waals surface area contributed by atoms with Gasteiger partial charge in [-0.3, -0.25) is 4.79 Å². The molecule has 0 fully saturated rings. The minimum atomic E-state index is -0.743. The maximum Gasteiger partial charge on any atom is 0.408 e. The molecule has 29 heavy (non-hydrogen) atoms. The van der Waals surface area contributed by atoms with Gasteiger partial charge in [-0.2, -0.15) is 0 Å². The van der Waals surface area contributed by atoms with Gasteiger partial charge in [0.2, 0.25) is 5.91 Å². The Kier molecular flexibility index (Phi) is 8.68. The summed E-state index contributed by atoms with van der Waals surface area (Å²) in [5, 5.41) is 12.5. The Morgan fingerprint density at radius 1 is 1.00 bits per heavy atom. The van der Waals surface area contributed by atoms with E-state index in [-0.39, 0.29) is 31.1 Å². The molecule has 2 aromatic rings. The van der Waals surface area contributed by atoms with Crippen molar-refractivity contribution in [2.45, 2.75) is 39.0 Å². The van der Waals surface area contributed by atoms with E-state index in [4.69, 9.17) is 4.74 Å².